The third-order valence-corrected chi connectivity index (χ3v) is 6.93. The van der Waals surface area contributed by atoms with Crippen molar-refractivity contribution in [2.75, 3.05) is 37.5 Å². The van der Waals surface area contributed by atoms with Crippen LogP contribution in [0.15, 0.2) is 53.6 Å². The number of hydrogen-bond acceptors (Lipinski definition) is 5. The molecule has 0 fully saturated rings. The fourth-order valence-electron chi connectivity index (χ4n) is 4.24. The Kier molecular flexibility index (Phi) is 7.25. The van der Waals surface area contributed by atoms with Crippen molar-refractivity contribution in [1.29, 1.82) is 0 Å². The summed E-state index contributed by atoms with van der Waals surface area (Å²) in [6.07, 6.45) is 0.705. The molecule has 0 saturated carbocycles. The number of methoxy groups -OCH3 is 1. The number of nitrogens with one attached hydrogen (secondary N) is 1. The van der Waals surface area contributed by atoms with Gasteiger partial charge in [0.25, 0.3) is 0 Å². The topological polar surface area (TPSA) is 72.8 Å². The summed E-state index contributed by atoms with van der Waals surface area (Å²) in [4.78, 5) is 28.7. The van der Waals surface area contributed by atoms with E-state index in [1.165, 1.54) is 11.8 Å². The van der Waals surface area contributed by atoms with Crippen LogP contribution in [0.4, 0.5) is 5.69 Å². The Hall–Kier alpha value is -2.97. The summed E-state index contributed by atoms with van der Waals surface area (Å²) in [5, 5.41) is 4.95. The minimum Gasteiger partial charge on any atom is -0.497 e. The highest BCUT2D eigenvalue weighted by molar-refractivity contribution is 8.00. The number of amides is 2. The highest BCUT2D eigenvalue weighted by Gasteiger charge is 2.39. The number of aryl methyl sites for hydroxylation is 1. The number of nitrogens with zero attached hydrogens (tertiary/aromatic N) is 2. The first-order valence-electron chi connectivity index (χ1n) is 11.1. The van der Waals surface area contributed by atoms with Gasteiger partial charge in [-0.25, -0.2) is 0 Å². The number of ether oxygens (including phenoxy) is 2. The molecule has 0 saturated heterocycles. The first kappa shape index (κ1) is 23.2. The van der Waals surface area contributed by atoms with Crippen LogP contribution in [0.2, 0.25) is 0 Å². The van der Waals surface area contributed by atoms with E-state index in [2.05, 4.69) is 9.88 Å². The number of rotatable bonds is 8. The smallest absolute Gasteiger partial charge is 0.247 e. The summed E-state index contributed by atoms with van der Waals surface area (Å²) >= 11 is 1.47. The molecule has 2 amide bonds. The number of fused-ring (bicyclic) bond motifs is 3. The second-order valence-corrected chi connectivity index (χ2v) is 8.76. The van der Waals surface area contributed by atoms with Crippen LogP contribution in [0.3, 0.4) is 0 Å². The van der Waals surface area contributed by atoms with E-state index in [9.17, 15) is 9.59 Å². The third-order valence-electron chi connectivity index (χ3n) is 5.77. The molecule has 33 heavy (non-hydrogen) atoms. The zero-order valence-corrected chi connectivity index (χ0v) is 20.0. The number of carbonyl (C=O) groups excluding carboxylic acids is 2. The monoisotopic (exact) mass is 467 g/mol. The van der Waals surface area contributed by atoms with E-state index in [1.54, 1.807) is 18.1 Å². The molecule has 8 heteroatoms. The van der Waals surface area contributed by atoms with Gasteiger partial charge < -0.3 is 19.4 Å². The standard InChI is InChI=1S/C25H29N3O4S/c1-4-32-14-8-13-26-24(30)23-22-19-11-5-6-12-20(19)27(2)25(22)33-16-21(29)28(23)17-9-7-10-18(15-17)31-3/h5-7,9-12,15,23H,4,8,13-14,16H2,1-3H3,(H,26,30)/t23-/m0/s1. The SMILES string of the molecule is CCOCCCNC(=O)[C@@H]1c2c(n(C)c3ccccc23)SCC(=O)N1c1cccc(OC)c1. The zero-order valence-electron chi connectivity index (χ0n) is 19.2. The van der Waals surface area contributed by atoms with Gasteiger partial charge in [-0.15, -0.1) is 0 Å². The van der Waals surface area contributed by atoms with Crippen molar-refractivity contribution in [3.8, 4) is 5.75 Å². The minimum atomic E-state index is -0.798. The van der Waals surface area contributed by atoms with Gasteiger partial charge in [0, 0.05) is 55.0 Å². The lowest BCUT2D eigenvalue weighted by Gasteiger charge is -2.30. The number of aromatic nitrogens is 1. The maximum Gasteiger partial charge on any atom is 0.247 e. The van der Waals surface area contributed by atoms with Crippen LogP contribution < -0.4 is 15.0 Å². The van der Waals surface area contributed by atoms with Gasteiger partial charge >= 0.3 is 0 Å². The van der Waals surface area contributed by atoms with Crippen LogP contribution in [0, 0.1) is 0 Å². The lowest BCUT2D eigenvalue weighted by molar-refractivity contribution is -0.125. The second-order valence-electron chi connectivity index (χ2n) is 7.79. The molecule has 1 aliphatic rings. The highest BCUT2D eigenvalue weighted by atomic mass is 32.2. The summed E-state index contributed by atoms with van der Waals surface area (Å²) in [7, 11) is 3.57. The van der Waals surface area contributed by atoms with Crippen molar-refractivity contribution in [3.63, 3.8) is 0 Å². The lowest BCUT2D eigenvalue weighted by atomic mass is 10.0. The number of benzene rings is 2. The van der Waals surface area contributed by atoms with E-state index in [0.717, 1.165) is 21.5 Å². The Morgan fingerprint density at radius 3 is 2.82 bits per heavy atom. The first-order valence-corrected chi connectivity index (χ1v) is 12.1. The maximum atomic E-state index is 13.7. The second kappa shape index (κ2) is 10.3. The van der Waals surface area contributed by atoms with Crippen molar-refractivity contribution >= 4 is 40.2 Å². The molecule has 2 aromatic carbocycles. The Morgan fingerprint density at radius 1 is 1.21 bits per heavy atom. The van der Waals surface area contributed by atoms with Gasteiger partial charge in [-0.3, -0.25) is 14.5 Å². The van der Waals surface area contributed by atoms with Crippen LogP contribution in [-0.2, 0) is 21.4 Å². The number of para-hydroxylation sites is 1. The molecule has 0 aliphatic carbocycles. The van der Waals surface area contributed by atoms with Crippen molar-refractivity contribution in [1.82, 2.24) is 9.88 Å². The van der Waals surface area contributed by atoms with Gasteiger partial charge in [0.05, 0.1) is 17.9 Å². The Bertz CT molecular complexity index is 1160. The Morgan fingerprint density at radius 2 is 2.03 bits per heavy atom. The molecule has 4 rings (SSSR count). The van der Waals surface area contributed by atoms with Crippen molar-refractivity contribution < 1.29 is 19.1 Å². The third kappa shape index (κ3) is 4.58. The van der Waals surface area contributed by atoms with Crippen LogP contribution >= 0.6 is 11.8 Å². The van der Waals surface area contributed by atoms with Crippen LogP contribution in [0.5, 0.6) is 5.75 Å². The number of thioether (sulfide) groups is 1. The Labute approximate surface area is 198 Å². The van der Waals surface area contributed by atoms with Crippen LogP contribution in [0.1, 0.15) is 24.9 Å². The highest BCUT2D eigenvalue weighted by Crippen LogP contribution is 2.43. The minimum absolute atomic E-state index is 0.122. The summed E-state index contributed by atoms with van der Waals surface area (Å²) in [5.41, 5.74) is 2.52. The van der Waals surface area contributed by atoms with E-state index in [-0.39, 0.29) is 17.6 Å². The predicted molar refractivity (Wildman–Crippen MR) is 131 cm³/mol. The van der Waals surface area contributed by atoms with E-state index in [0.29, 0.717) is 37.6 Å². The van der Waals surface area contributed by atoms with Crippen molar-refractivity contribution in [3.05, 3.63) is 54.1 Å². The fraction of sp³-hybridized carbons (Fsp3) is 0.360. The molecule has 7 nitrogen and oxygen atoms in total. The number of hydrogen-bond donors (Lipinski definition) is 1. The van der Waals surface area contributed by atoms with Crippen LogP contribution in [-0.4, -0.2) is 49.0 Å². The van der Waals surface area contributed by atoms with Gasteiger partial charge in [-0.2, -0.15) is 0 Å². The van der Waals surface area contributed by atoms with Gasteiger partial charge in [-0.05, 0) is 31.5 Å². The summed E-state index contributed by atoms with van der Waals surface area (Å²) < 4.78 is 12.9. The normalized spacial score (nSPS) is 15.9. The first-order chi connectivity index (χ1) is 16.1. The molecule has 1 atom stereocenters. The van der Waals surface area contributed by atoms with E-state index < -0.39 is 6.04 Å². The largest absolute Gasteiger partial charge is 0.497 e. The fourth-order valence-corrected chi connectivity index (χ4v) is 5.31. The molecule has 1 aromatic heterocycles. The molecule has 0 radical (unpaired) electrons. The molecule has 2 heterocycles. The summed E-state index contributed by atoms with van der Waals surface area (Å²) in [6.45, 7) is 3.64. The molecular formula is C25H29N3O4S. The lowest BCUT2D eigenvalue weighted by Crippen LogP contribution is -2.44. The predicted octanol–water partition coefficient (Wildman–Crippen LogP) is 3.91. The number of carbonyl (C=O) groups is 2. The quantitative estimate of drug-likeness (QED) is 0.509. The molecular weight excluding hydrogens is 438 g/mol. The molecule has 0 spiro atoms. The maximum absolute atomic E-state index is 13.7. The van der Waals surface area contributed by atoms with Gasteiger partial charge in [0.15, 0.2) is 0 Å². The number of anilines is 1. The van der Waals surface area contributed by atoms with Crippen molar-refractivity contribution in [2.45, 2.75) is 24.4 Å². The van der Waals surface area contributed by atoms with Crippen LogP contribution in [0.25, 0.3) is 10.9 Å². The van der Waals surface area contributed by atoms with Crippen molar-refractivity contribution in [2.24, 2.45) is 7.05 Å². The Balaban J connectivity index is 1.81. The van der Waals surface area contributed by atoms with Gasteiger partial charge in [0.2, 0.25) is 11.8 Å². The van der Waals surface area contributed by atoms with Gasteiger partial charge in [0.1, 0.15) is 11.8 Å². The molecule has 1 N–H and O–H groups in total. The summed E-state index contributed by atoms with van der Waals surface area (Å²) in [6, 6.07) is 14.5. The molecule has 3 aromatic rings. The van der Waals surface area contributed by atoms with Gasteiger partial charge in [-0.1, -0.05) is 36.0 Å². The molecule has 0 unspecified atom stereocenters. The molecule has 174 valence electrons. The molecule has 1 aliphatic heterocycles. The average molecular weight is 468 g/mol. The zero-order chi connectivity index (χ0) is 23.4. The van der Waals surface area contributed by atoms with E-state index in [1.807, 2.05) is 56.4 Å². The average Bonchev–Trinajstić information content (AvgIpc) is 3.01. The van der Waals surface area contributed by atoms with E-state index >= 15 is 0 Å². The van der Waals surface area contributed by atoms with E-state index in [4.69, 9.17) is 9.47 Å². The summed E-state index contributed by atoms with van der Waals surface area (Å²) in [5.74, 6) is 0.541. The molecule has 0 bridgehead atoms.